The molecule has 24 heavy (non-hydrogen) atoms. The lowest BCUT2D eigenvalue weighted by Gasteiger charge is -2.19. The predicted octanol–water partition coefficient (Wildman–Crippen LogP) is 3.13. The van der Waals surface area contributed by atoms with Gasteiger partial charge in [0.05, 0.1) is 0 Å². The molecule has 2 N–H and O–H groups in total. The second-order valence-corrected chi connectivity index (χ2v) is 7.33. The second kappa shape index (κ2) is 9.55. The maximum Gasteiger partial charge on any atom is 0.240 e. The van der Waals surface area contributed by atoms with Crippen molar-refractivity contribution in [3.05, 3.63) is 0 Å². The number of amides is 2. The summed E-state index contributed by atoms with van der Waals surface area (Å²) in [4.78, 5) is 23.6. The summed E-state index contributed by atoms with van der Waals surface area (Å²) in [5, 5.41) is 8.39. The van der Waals surface area contributed by atoms with Gasteiger partial charge in [0, 0.05) is 24.3 Å². The number of carbonyl (C=O) groups is 2. The molecule has 0 saturated heterocycles. The maximum atomic E-state index is 11.8. The fourth-order valence-electron chi connectivity index (χ4n) is 3.35. The summed E-state index contributed by atoms with van der Waals surface area (Å²) in [5.41, 5.74) is 7.26. The van der Waals surface area contributed by atoms with E-state index in [1.807, 2.05) is 0 Å². The Morgan fingerprint density at radius 1 is 0.875 bits per heavy atom. The molecule has 6 nitrogen and oxygen atoms in total. The molecule has 2 fully saturated rings. The van der Waals surface area contributed by atoms with Crippen LogP contribution < -0.4 is 10.9 Å². The van der Waals surface area contributed by atoms with Crippen molar-refractivity contribution in [2.24, 2.45) is 22.0 Å². The Kier molecular flexibility index (Phi) is 7.40. The van der Waals surface area contributed by atoms with Gasteiger partial charge in [-0.2, -0.15) is 10.2 Å². The lowest BCUT2D eigenvalue weighted by atomic mass is 9.89. The van der Waals surface area contributed by atoms with Gasteiger partial charge in [-0.05, 0) is 63.2 Å². The number of hydrogen-bond donors (Lipinski definition) is 2. The van der Waals surface area contributed by atoms with Gasteiger partial charge in [0.2, 0.25) is 11.8 Å². The number of hydrogen-bond acceptors (Lipinski definition) is 4. The number of hydrazone groups is 2. The van der Waals surface area contributed by atoms with Crippen molar-refractivity contribution < 1.29 is 9.59 Å². The van der Waals surface area contributed by atoms with Crippen LogP contribution in [-0.2, 0) is 9.59 Å². The average molecular weight is 334 g/mol. The molecule has 2 atom stereocenters. The molecule has 0 aromatic rings. The van der Waals surface area contributed by atoms with Gasteiger partial charge in [-0.1, -0.05) is 13.8 Å². The van der Waals surface area contributed by atoms with E-state index in [-0.39, 0.29) is 24.7 Å². The minimum absolute atomic E-state index is 0.138. The molecule has 0 radical (unpaired) electrons. The third-order valence-electron chi connectivity index (χ3n) is 4.75. The van der Waals surface area contributed by atoms with E-state index in [9.17, 15) is 9.59 Å². The first-order valence-corrected chi connectivity index (χ1v) is 9.21. The minimum Gasteiger partial charge on any atom is -0.273 e. The van der Waals surface area contributed by atoms with Crippen LogP contribution >= 0.6 is 0 Å². The Balaban J connectivity index is 1.65. The summed E-state index contributed by atoms with van der Waals surface area (Å²) in [5.74, 6) is 0.855. The van der Waals surface area contributed by atoms with Crippen molar-refractivity contribution in [1.29, 1.82) is 0 Å². The van der Waals surface area contributed by atoms with Crippen LogP contribution in [0.2, 0.25) is 0 Å². The maximum absolute atomic E-state index is 11.8. The van der Waals surface area contributed by atoms with E-state index in [2.05, 4.69) is 34.9 Å². The molecule has 2 saturated carbocycles. The highest BCUT2D eigenvalue weighted by molar-refractivity contribution is 5.89. The van der Waals surface area contributed by atoms with E-state index in [4.69, 9.17) is 0 Å². The van der Waals surface area contributed by atoms with Crippen LogP contribution in [-0.4, -0.2) is 23.2 Å². The van der Waals surface area contributed by atoms with E-state index in [0.717, 1.165) is 49.9 Å². The fraction of sp³-hybridized carbons (Fsp3) is 0.778. The zero-order valence-electron chi connectivity index (χ0n) is 14.9. The lowest BCUT2D eigenvalue weighted by Crippen LogP contribution is -2.26. The summed E-state index contributed by atoms with van der Waals surface area (Å²) >= 11 is 0. The van der Waals surface area contributed by atoms with Crippen LogP contribution in [0.25, 0.3) is 0 Å². The van der Waals surface area contributed by atoms with Crippen molar-refractivity contribution >= 4 is 23.2 Å². The van der Waals surface area contributed by atoms with Crippen LogP contribution in [0.5, 0.6) is 0 Å². The molecule has 6 heteroatoms. The molecule has 134 valence electrons. The molecule has 0 heterocycles. The molecular weight excluding hydrogens is 304 g/mol. The van der Waals surface area contributed by atoms with Crippen molar-refractivity contribution in [2.75, 3.05) is 0 Å². The SMILES string of the molecule is CC1CCC/C(=N/NC(=O)CCC(=O)N/N=C2/CCCC(C)C2)C1. The summed E-state index contributed by atoms with van der Waals surface area (Å²) in [6, 6.07) is 0. The minimum atomic E-state index is -0.213. The topological polar surface area (TPSA) is 82.9 Å². The van der Waals surface area contributed by atoms with Gasteiger partial charge in [-0.3, -0.25) is 9.59 Å². The Morgan fingerprint density at radius 3 is 1.67 bits per heavy atom. The highest BCUT2D eigenvalue weighted by Crippen LogP contribution is 2.21. The Labute approximate surface area is 144 Å². The highest BCUT2D eigenvalue weighted by Gasteiger charge is 2.15. The van der Waals surface area contributed by atoms with Crippen LogP contribution in [0.4, 0.5) is 0 Å². The molecule has 0 aliphatic heterocycles. The van der Waals surface area contributed by atoms with Gasteiger partial charge in [0.15, 0.2) is 0 Å². The average Bonchev–Trinajstić information content (AvgIpc) is 2.56. The fourth-order valence-corrected chi connectivity index (χ4v) is 3.35. The first-order chi connectivity index (χ1) is 11.5. The van der Waals surface area contributed by atoms with Gasteiger partial charge in [-0.15, -0.1) is 0 Å². The van der Waals surface area contributed by atoms with E-state index in [1.54, 1.807) is 0 Å². The Hall–Kier alpha value is -1.72. The summed E-state index contributed by atoms with van der Waals surface area (Å²) < 4.78 is 0. The highest BCUT2D eigenvalue weighted by atomic mass is 16.2. The van der Waals surface area contributed by atoms with Crippen molar-refractivity contribution in [3.63, 3.8) is 0 Å². The first-order valence-electron chi connectivity index (χ1n) is 9.21. The quantitative estimate of drug-likeness (QED) is 0.757. The Bertz CT molecular complexity index is 467. The van der Waals surface area contributed by atoms with Crippen molar-refractivity contribution in [2.45, 2.75) is 78.1 Å². The predicted molar refractivity (Wildman–Crippen MR) is 95.7 cm³/mol. The first kappa shape index (κ1) is 18.6. The lowest BCUT2D eigenvalue weighted by molar-refractivity contribution is -0.126. The molecule has 2 unspecified atom stereocenters. The molecule has 2 rings (SSSR count). The van der Waals surface area contributed by atoms with E-state index < -0.39 is 0 Å². The van der Waals surface area contributed by atoms with Gasteiger partial charge < -0.3 is 0 Å². The number of rotatable bonds is 5. The third-order valence-corrected chi connectivity index (χ3v) is 4.75. The summed E-state index contributed by atoms with van der Waals surface area (Å²) in [6.45, 7) is 4.41. The molecule has 0 spiro atoms. The molecule has 0 aromatic carbocycles. The molecule has 0 bridgehead atoms. The zero-order chi connectivity index (χ0) is 17.4. The number of nitrogens with one attached hydrogen (secondary N) is 2. The van der Waals surface area contributed by atoms with Gasteiger partial charge in [0.25, 0.3) is 0 Å². The van der Waals surface area contributed by atoms with Crippen molar-refractivity contribution in [1.82, 2.24) is 10.9 Å². The molecule has 2 amide bonds. The summed E-state index contributed by atoms with van der Waals surface area (Å²) in [7, 11) is 0. The largest absolute Gasteiger partial charge is 0.273 e. The Morgan fingerprint density at radius 2 is 1.29 bits per heavy atom. The van der Waals surface area contributed by atoms with E-state index in [1.165, 1.54) is 12.8 Å². The van der Waals surface area contributed by atoms with E-state index >= 15 is 0 Å². The smallest absolute Gasteiger partial charge is 0.240 e. The van der Waals surface area contributed by atoms with Crippen LogP contribution in [0.15, 0.2) is 10.2 Å². The monoisotopic (exact) mass is 334 g/mol. The van der Waals surface area contributed by atoms with Crippen LogP contribution in [0, 0.1) is 11.8 Å². The van der Waals surface area contributed by atoms with Gasteiger partial charge in [0.1, 0.15) is 0 Å². The van der Waals surface area contributed by atoms with Gasteiger partial charge in [-0.25, -0.2) is 10.9 Å². The summed E-state index contributed by atoms with van der Waals surface area (Å²) in [6.07, 6.45) is 8.84. The molecule has 0 aromatic heterocycles. The van der Waals surface area contributed by atoms with Crippen LogP contribution in [0.3, 0.4) is 0 Å². The third kappa shape index (κ3) is 6.81. The second-order valence-electron chi connectivity index (χ2n) is 7.33. The zero-order valence-corrected chi connectivity index (χ0v) is 14.9. The molecule has 2 aliphatic rings. The molecule has 2 aliphatic carbocycles. The molecular formula is C18H30N4O2. The van der Waals surface area contributed by atoms with Crippen LogP contribution in [0.1, 0.15) is 78.1 Å². The van der Waals surface area contributed by atoms with Crippen molar-refractivity contribution in [3.8, 4) is 0 Å². The standard InChI is InChI=1S/C18H30N4O2/c1-13-5-3-7-15(11-13)19-21-17(23)9-10-18(24)22-20-16-8-4-6-14(2)12-16/h13-14H,3-12H2,1-2H3,(H,21,23)(H,22,24)/b19-15-,20-16-. The normalized spacial score (nSPS) is 27.9. The van der Waals surface area contributed by atoms with Gasteiger partial charge >= 0.3 is 0 Å². The number of carbonyl (C=O) groups excluding carboxylic acids is 2. The number of nitrogens with zero attached hydrogens (tertiary/aromatic N) is 2. The van der Waals surface area contributed by atoms with E-state index in [0.29, 0.717) is 11.8 Å².